The normalized spacial score (nSPS) is 16.3. The van der Waals surface area contributed by atoms with Crippen molar-refractivity contribution < 1.29 is 14.6 Å². The number of thioether (sulfide) groups is 1. The Labute approximate surface area is 109 Å². The molecule has 0 amide bonds. The topological polar surface area (TPSA) is 68.5 Å². The third-order valence-corrected chi connectivity index (χ3v) is 4.63. The molecule has 0 bridgehead atoms. The third-order valence-electron chi connectivity index (χ3n) is 3.23. The number of hydrogen-bond donors (Lipinski definition) is 1. The van der Waals surface area contributed by atoms with Crippen molar-refractivity contribution in [2.24, 2.45) is 0 Å². The lowest BCUT2D eigenvalue weighted by atomic mass is 10.3. The molecule has 6 heteroatoms. The number of carboxylic acid groups (broad SMARTS) is 1. The molecule has 1 aliphatic rings. The summed E-state index contributed by atoms with van der Waals surface area (Å²) in [5, 5.41) is 9.14. The van der Waals surface area contributed by atoms with Gasteiger partial charge in [0, 0.05) is 17.4 Å². The van der Waals surface area contributed by atoms with E-state index in [9.17, 15) is 9.59 Å². The molecule has 0 unspecified atom stereocenters. The molecule has 0 aromatic carbocycles. The van der Waals surface area contributed by atoms with Crippen LogP contribution in [0.1, 0.15) is 23.3 Å². The van der Waals surface area contributed by atoms with Crippen LogP contribution >= 0.6 is 11.8 Å². The molecule has 2 rings (SSSR count). The molecule has 5 nitrogen and oxygen atoms in total. The van der Waals surface area contributed by atoms with E-state index in [4.69, 9.17) is 9.84 Å². The van der Waals surface area contributed by atoms with E-state index in [1.165, 1.54) is 13.3 Å². The Hall–Kier alpha value is -1.43. The Morgan fingerprint density at radius 1 is 1.61 bits per heavy atom. The van der Waals surface area contributed by atoms with Gasteiger partial charge in [0.05, 0.1) is 13.3 Å². The maximum Gasteiger partial charge on any atom is 0.352 e. The van der Waals surface area contributed by atoms with E-state index >= 15 is 0 Å². The molecule has 1 heterocycles. The molecule has 0 spiro atoms. The van der Waals surface area contributed by atoms with Gasteiger partial charge in [0.15, 0.2) is 5.75 Å². The monoisotopic (exact) mass is 269 g/mol. The van der Waals surface area contributed by atoms with Crippen LogP contribution in [0.25, 0.3) is 0 Å². The van der Waals surface area contributed by atoms with E-state index in [-0.39, 0.29) is 16.2 Å². The number of aromatic nitrogens is 1. The number of nitrogens with zero attached hydrogens (tertiary/aromatic N) is 1. The molecular formula is C12H15NO4S. The van der Waals surface area contributed by atoms with E-state index < -0.39 is 11.4 Å². The molecule has 0 atom stereocenters. The number of ether oxygens (including phenoxy) is 1. The van der Waals surface area contributed by atoms with Crippen molar-refractivity contribution in [3.8, 4) is 5.75 Å². The Kier molecular flexibility index (Phi) is 3.38. The van der Waals surface area contributed by atoms with Crippen molar-refractivity contribution in [1.82, 2.24) is 4.57 Å². The molecule has 0 aliphatic heterocycles. The minimum atomic E-state index is -1.09. The first-order chi connectivity index (χ1) is 8.51. The summed E-state index contributed by atoms with van der Waals surface area (Å²) in [6.07, 6.45) is 5.65. The Bertz CT molecular complexity index is 533. The fourth-order valence-corrected chi connectivity index (χ4v) is 2.68. The predicted molar refractivity (Wildman–Crippen MR) is 69.7 cm³/mol. The number of carboxylic acids is 1. The maximum atomic E-state index is 11.6. The largest absolute Gasteiger partial charge is 0.491 e. The number of aromatic carboxylic acids is 1. The van der Waals surface area contributed by atoms with Gasteiger partial charge in [-0.3, -0.25) is 4.79 Å². The summed E-state index contributed by atoms with van der Waals surface area (Å²) in [4.78, 5) is 22.7. The highest BCUT2D eigenvalue weighted by molar-refractivity contribution is 8.00. The van der Waals surface area contributed by atoms with E-state index in [0.717, 1.165) is 18.9 Å². The summed E-state index contributed by atoms with van der Waals surface area (Å²) >= 11 is 1.74. The fourth-order valence-electron chi connectivity index (χ4n) is 1.90. The lowest BCUT2D eigenvalue weighted by Crippen LogP contribution is -2.23. The molecule has 1 N–H and O–H groups in total. The van der Waals surface area contributed by atoms with Crippen LogP contribution in [0.2, 0.25) is 0 Å². The van der Waals surface area contributed by atoms with E-state index in [1.807, 2.05) is 6.26 Å². The van der Waals surface area contributed by atoms with Crippen LogP contribution in [0.3, 0.4) is 0 Å². The number of methoxy groups -OCH3 is 1. The summed E-state index contributed by atoms with van der Waals surface area (Å²) in [6.45, 7) is 0.590. The van der Waals surface area contributed by atoms with Crippen LogP contribution in [-0.2, 0) is 6.54 Å². The van der Waals surface area contributed by atoms with E-state index in [1.54, 1.807) is 16.3 Å². The molecular weight excluding hydrogens is 254 g/mol. The highest BCUT2D eigenvalue weighted by atomic mass is 32.2. The van der Waals surface area contributed by atoms with Gasteiger partial charge in [0.1, 0.15) is 5.69 Å². The van der Waals surface area contributed by atoms with Crippen molar-refractivity contribution in [1.29, 1.82) is 0 Å². The molecule has 0 radical (unpaired) electrons. The maximum absolute atomic E-state index is 11.6. The van der Waals surface area contributed by atoms with Gasteiger partial charge in [-0.15, -0.1) is 0 Å². The van der Waals surface area contributed by atoms with Gasteiger partial charge in [0.2, 0.25) is 5.43 Å². The second-order valence-corrected chi connectivity index (χ2v) is 5.69. The summed E-state index contributed by atoms with van der Waals surface area (Å²) in [6, 6.07) is 1.12. The van der Waals surface area contributed by atoms with Crippen molar-refractivity contribution in [2.45, 2.75) is 24.1 Å². The second kappa shape index (κ2) is 4.68. The van der Waals surface area contributed by atoms with Gasteiger partial charge in [-0.05, 0) is 19.1 Å². The van der Waals surface area contributed by atoms with E-state index in [2.05, 4.69) is 0 Å². The smallest absolute Gasteiger partial charge is 0.352 e. The zero-order valence-electron chi connectivity index (χ0n) is 10.3. The van der Waals surface area contributed by atoms with Crippen molar-refractivity contribution >= 4 is 17.7 Å². The van der Waals surface area contributed by atoms with Gasteiger partial charge in [0.25, 0.3) is 0 Å². The summed E-state index contributed by atoms with van der Waals surface area (Å²) in [5.41, 5.74) is -0.388. The van der Waals surface area contributed by atoms with Crippen LogP contribution in [0.4, 0.5) is 0 Å². The molecule has 1 saturated carbocycles. The molecule has 1 aromatic rings. The van der Waals surface area contributed by atoms with Crippen molar-refractivity contribution in [2.75, 3.05) is 13.4 Å². The van der Waals surface area contributed by atoms with Gasteiger partial charge in [-0.1, -0.05) is 0 Å². The Morgan fingerprint density at radius 2 is 2.28 bits per heavy atom. The van der Waals surface area contributed by atoms with Gasteiger partial charge in [-0.2, -0.15) is 11.8 Å². The standard InChI is InChI=1S/C12H15NO4S/c1-17-10-6-13(7-12(18-2)3-4-12)8(11(15)16)5-9(10)14/h5-6H,3-4,7H2,1-2H3,(H,15,16). The van der Waals surface area contributed by atoms with Crippen LogP contribution in [0, 0.1) is 0 Å². The highest BCUT2D eigenvalue weighted by Gasteiger charge is 2.42. The van der Waals surface area contributed by atoms with Crippen LogP contribution in [0.5, 0.6) is 5.75 Å². The number of pyridine rings is 1. The van der Waals surface area contributed by atoms with Crippen LogP contribution < -0.4 is 10.2 Å². The minimum absolute atomic E-state index is 0.0149. The number of hydrogen-bond acceptors (Lipinski definition) is 4. The lowest BCUT2D eigenvalue weighted by molar-refractivity contribution is 0.0683. The van der Waals surface area contributed by atoms with Gasteiger partial charge in [-0.25, -0.2) is 4.79 Å². The first-order valence-corrected chi connectivity index (χ1v) is 6.81. The molecule has 1 aliphatic carbocycles. The molecule has 98 valence electrons. The summed E-state index contributed by atoms with van der Waals surface area (Å²) in [5.74, 6) is -0.913. The van der Waals surface area contributed by atoms with E-state index in [0.29, 0.717) is 6.54 Å². The first kappa shape index (κ1) is 13.0. The van der Waals surface area contributed by atoms with Gasteiger partial charge < -0.3 is 14.4 Å². The predicted octanol–water partition coefficient (Wildman–Crippen LogP) is 1.45. The summed E-state index contributed by atoms with van der Waals surface area (Å²) in [7, 11) is 1.41. The van der Waals surface area contributed by atoms with Crippen LogP contribution in [0.15, 0.2) is 17.1 Å². The quantitative estimate of drug-likeness (QED) is 0.876. The lowest BCUT2D eigenvalue weighted by Gasteiger charge is -2.17. The fraction of sp³-hybridized carbons (Fsp3) is 0.500. The highest BCUT2D eigenvalue weighted by Crippen LogP contribution is 2.48. The number of carbonyl (C=O) groups is 1. The third kappa shape index (κ3) is 2.38. The number of rotatable bonds is 5. The van der Waals surface area contributed by atoms with Crippen LogP contribution in [-0.4, -0.2) is 33.8 Å². The molecule has 1 aromatic heterocycles. The molecule has 1 fully saturated rings. The zero-order chi connectivity index (χ0) is 13.3. The second-order valence-electron chi connectivity index (χ2n) is 4.41. The zero-order valence-corrected chi connectivity index (χ0v) is 11.1. The average molecular weight is 269 g/mol. The Morgan fingerprint density at radius 3 is 2.72 bits per heavy atom. The summed E-state index contributed by atoms with van der Waals surface area (Å²) < 4.78 is 6.67. The minimum Gasteiger partial charge on any atom is -0.491 e. The SMILES string of the molecule is COc1cn(CC2(SC)CC2)c(C(=O)O)cc1=O. The van der Waals surface area contributed by atoms with Crippen molar-refractivity contribution in [3.63, 3.8) is 0 Å². The average Bonchev–Trinajstić information content (AvgIpc) is 3.11. The molecule has 0 saturated heterocycles. The first-order valence-electron chi connectivity index (χ1n) is 5.58. The molecule has 18 heavy (non-hydrogen) atoms. The van der Waals surface area contributed by atoms with Gasteiger partial charge >= 0.3 is 5.97 Å². The Balaban J connectivity index is 2.43. The van der Waals surface area contributed by atoms with Crippen molar-refractivity contribution in [3.05, 3.63) is 28.2 Å².